The predicted octanol–water partition coefficient (Wildman–Crippen LogP) is 3.83. The van der Waals surface area contributed by atoms with Gasteiger partial charge in [-0.2, -0.15) is 0 Å². The van der Waals surface area contributed by atoms with E-state index in [2.05, 4.69) is 15.5 Å². The number of amides is 1. The van der Waals surface area contributed by atoms with E-state index >= 15 is 0 Å². The molecule has 1 heterocycles. The maximum atomic E-state index is 12.4. The van der Waals surface area contributed by atoms with E-state index in [1.807, 2.05) is 31.2 Å². The summed E-state index contributed by atoms with van der Waals surface area (Å²) in [5, 5.41) is 11.7. The Labute approximate surface area is 172 Å². The number of hydrogen-bond acceptors (Lipinski definition) is 6. The molecule has 0 saturated heterocycles. The van der Waals surface area contributed by atoms with Crippen molar-refractivity contribution >= 4 is 35.0 Å². The molecular formula is C19H20ClN5O2S. The summed E-state index contributed by atoms with van der Waals surface area (Å²) in [6.45, 7) is 4.31. The average Bonchev–Trinajstić information content (AvgIpc) is 3.05. The van der Waals surface area contributed by atoms with Crippen LogP contribution < -0.4 is 15.9 Å². The van der Waals surface area contributed by atoms with E-state index in [9.17, 15) is 4.79 Å². The van der Waals surface area contributed by atoms with Crippen molar-refractivity contribution < 1.29 is 9.53 Å². The van der Waals surface area contributed by atoms with E-state index < -0.39 is 5.25 Å². The molecule has 3 rings (SSSR count). The topological polar surface area (TPSA) is 95.1 Å². The molecule has 0 unspecified atom stereocenters. The quantitative estimate of drug-likeness (QED) is 0.448. The lowest BCUT2D eigenvalue weighted by Crippen LogP contribution is -2.23. The zero-order valence-electron chi connectivity index (χ0n) is 15.4. The second-order valence-electron chi connectivity index (χ2n) is 5.89. The van der Waals surface area contributed by atoms with Gasteiger partial charge in [0.15, 0.2) is 5.82 Å². The Bertz CT molecular complexity index is 944. The molecule has 7 nitrogen and oxygen atoms in total. The highest BCUT2D eigenvalue weighted by molar-refractivity contribution is 8.00. The molecule has 3 aromatic rings. The van der Waals surface area contributed by atoms with Crippen molar-refractivity contribution in [2.75, 3.05) is 17.8 Å². The van der Waals surface area contributed by atoms with Gasteiger partial charge in [0.1, 0.15) is 5.75 Å². The van der Waals surface area contributed by atoms with Crippen molar-refractivity contribution in [3.8, 4) is 17.1 Å². The Hall–Kier alpha value is -2.71. The summed E-state index contributed by atoms with van der Waals surface area (Å²) in [6.07, 6.45) is 0. The number of ether oxygens (including phenoxy) is 1. The molecule has 0 fully saturated rings. The largest absolute Gasteiger partial charge is 0.494 e. The Morgan fingerprint density at radius 2 is 1.89 bits per heavy atom. The molecule has 0 aliphatic rings. The summed E-state index contributed by atoms with van der Waals surface area (Å²) >= 11 is 7.09. The molecule has 1 amide bonds. The van der Waals surface area contributed by atoms with Crippen LogP contribution in [0.25, 0.3) is 11.4 Å². The first-order chi connectivity index (χ1) is 13.5. The molecule has 0 radical (unpaired) electrons. The summed E-state index contributed by atoms with van der Waals surface area (Å²) in [5.74, 6) is 7.26. The molecule has 1 atom stereocenters. The zero-order chi connectivity index (χ0) is 20.1. The number of carbonyl (C=O) groups is 1. The molecule has 146 valence electrons. The first-order valence-electron chi connectivity index (χ1n) is 8.64. The second kappa shape index (κ2) is 8.99. The fourth-order valence-corrected chi connectivity index (χ4v) is 3.31. The van der Waals surface area contributed by atoms with Crippen LogP contribution in [-0.2, 0) is 4.79 Å². The van der Waals surface area contributed by atoms with Gasteiger partial charge in [-0.3, -0.25) is 4.79 Å². The van der Waals surface area contributed by atoms with Crippen LogP contribution in [0, 0.1) is 0 Å². The van der Waals surface area contributed by atoms with Crippen LogP contribution in [0.2, 0.25) is 5.02 Å². The van der Waals surface area contributed by atoms with E-state index in [4.69, 9.17) is 22.2 Å². The van der Waals surface area contributed by atoms with E-state index in [-0.39, 0.29) is 5.91 Å². The highest BCUT2D eigenvalue weighted by atomic mass is 35.5. The number of thioether (sulfide) groups is 1. The summed E-state index contributed by atoms with van der Waals surface area (Å²) in [4.78, 5) is 12.4. The summed E-state index contributed by atoms with van der Waals surface area (Å²) in [7, 11) is 0. The van der Waals surface area contributed by atoms with E-state index in [0.717, 1.165) is 11.3 Å². The normalized spacial score (nSPS) is 11.8. The standard InChI is InChI=1S/C19H20ClN5O2S/c1-3-27-16-10-4-13(5-11-16)17-23-24-19(25(17)21)28-12(2)18(26)22-15-8-6-14(20)7-9-15/h4-12H,3,21H2,1-2H3,(H,22,26)/t12-/m1/s1. The summed E-state index contributed by atoms with van der Waals surface area (Å²) in [6, 6.07) is 14.3. The summed E-state index contributed by atoms with van der Waals surface area (Å²) in [5.41, 5.74) is 1.48. The SMILES string of the molecule is CCOc1ccc(-c2nnc(S[C@H](C)C(=O)Nc3ccc(Cl)cc3)n2N)cc1. The number of carbonyl (C=O) groups excluding carboxylic acids is 1. The molecule has 2 aromatic carbocycles. The first kappa shape index (κ1) is 20.0. The van der Waals surface area contributed by atoms with Crippen LogP contribution in [0.4, 0.5) is 5.69 Å². The van der Waals surface area contributed by atoms with E-state index in [0.29, 0.717) is 28.3 Å². The highest BCUT2D eigenvalue weighted by Crippen LogP contribution is 2.26. The number of nitrogen functional groups attached to an aromatic ring is 1. The molecule has 0 bridgehead atoms. The third-order valence-corrected chi connectivity index (χ3v) is 5.16. The van der Waals surface area contributed by atoms with Gasteiger partial charge in [-0.05, 0) is 62.4 Å². The van der Waals surface area contributed by atoms with Gasteiger partial charge in [0, 0.05) is 16.3 Å². The maximum Gasteiger partial charge on any atom is 0.237 e. The third kappa shape index (κ3) is 4.76. The second-order valence-corrected chi connectivity index (χ2v) is 7.63. The van der Waals surface area contributed by atoms with Crippen LogP contribution in [0.1, 0.15) is 13.8 Å². The average molecular weight is 418 g/mol. The van der Waals surface area contributed by atoms with Gasteiger partial charge in [0.2, 0.25) is 11.1 Å². The fourth-order valence-electron chi connectivity index (χ4n) is 2.41. The molecule has 1 aromatic heterocycles. The van der Waals surface area contributed by atoms with E-state index in [1.165, 1.54) is 16.4 Å². The van der Waals surface area contributed by atoms with Gasteiger partial charge < -0.3 is 15.9 Å². The smallest absolute Gasteiger partial charge is 0.237 e. The van der Waals surface area contributed by atoms with Crippen molar-refractivity contribution in [1.82, 2.24) is 14.9 Å². The van der Waals surface area contributed by atoms with Crippen molar-refractivity contribution in [3.05, 3.63) is 53.6 Å². The molecule has 0 spiro atoms. The van der Waals surface area contributed by atoms with Crippen LogP contribution >= 0.6 is 23.4 Å². The molecule has 0 aliphatic heterocycles. The third-order valence-electron chi connectivity index (χ3n) is 3.85. The van der Waals surface area contributed by atoms with E-state index in [1.54, 1.807) is 31.2 Å². The minimum atomic E-state index is -0.421. The minimum absolute atomic E-state index is 0.169. The Kier molecular flexibility index (Phi) is 6.43. The number of halogens is 1. The number of nitrogens with one attached hydrogen (secondary N) is 1. The van der Waals surface area contributed by atoms with Gasteiger partial charge in [-0.1, -0.05) is 23.4 Å². The van der Waals surface area contributed by atoms with Crippen LogP contribution in [0.15, 0.2) is 53.7 Å². The predicted molar refractivity (Wildman–Crippen MR) is 112 cm³/mol. The van der Waals surface area contributed by atoms with Crippen LogP contribution in [0.5, 0.6) is 5.75 Å². The fraction of sp³-hybridized carbons (Fsp3) is 0.211. The van der Waals surface area contributed by atoms with Gasteiger partial charge in [0.05, 0.1) is 11.9 Å². The number of nitrogens with two attached hydrogens (primary N) is 1. The van der Waals surface area contributed by atoms with Gasteiger partial charge in [-0.25, -0.2) is 4.68 Å². The van der Waals surface area contributed by atoms with Gasteiger partial charge >= 0.3 is 0 Å². The molecule has 28 heavy (non-hydrogen) atoms. The molecular weight excluding hydrogens is 398 g/mol. The highest BCUT2D eigenvalue weighted by Gasteiger charge is 2.20. The van der Waals surface area contributed by atoms with Crippen molar-refractivity contribution in [1.29, 1.82) is 0 Å². The first-order valence-corrected chi connectivity index (χ1v) is 9.90. The number of anilines is 1. The maximum absolute atomic E-state index is 12.4. The zero-order valence-corrected chi connectivity index (χ0v) is 17.0. The Balaban J connectivity index is 1.67. The molecule has 0 aliphatic carbocycles. The number of hydrogen-bond donors (Lipinski definition) is 2. The monoisotopic (exact) mass is 417 g/mol. The van der Waals surface area contributed by atoms with Crippen LogP contribution in [-0.4, -0.2) is 32.6 Å². The minimum Gasteiger partial charge on any atom is -0.494 e. The van der Waals surface area contributed by atoms with Crippen LogP contribution in [0.3, 0.4) is 0 Å². The number of nitrogens with zero attached hydrogens (tertiary/aromatic N) is 3. The Morgan fingerprint density at radius 3 is 2.54 bits per heavy atom. The van der Waals surface area contributed by atoms with Gasteiger partial charge in [-0.15, -0.1) is 10.2 Å². The van der Waals surface area contributed by atoms with Crippen molar-refractivity contribution in [2.24, 2.45) is 0 Å². The molecule has 3 N–H and O–H groups in total. The van der Waals surface area contributed by atoms with Crippen molar-refractivity contribution in [2.45, 2.75) is 24.3 Å². The lowest BCUT2D eigenvalue weighted by molar-refractivity contribution is -0.115. The number of rotatable bonds is 7. The summed E-state index contributed by atoms with van der Waals surface area (Å²) < 4.78 is 6.82. The molecule has 0 saturated carbocycles. The number of benzene rings is 2. The number of aromatic nitrogens is 3. The van der Waals surface area contributed by atoms with Gasteiger partial charge in [0.25, 0.3) is 0 Å². The lowest BCUT2D eigenvalue weighted by atomic mass is 10.2. The Morgan fingerprint density at radius 1 is 1.21 bits per heavy atom. The lowest BCUT2D eigenvalue weighted by Gasteiger charge is -2.11. The van der Waals surface area contributed by atoms with Crippen molar-refractivity contribution in [3.63, 3.8) is 0 Å². The molecule has 9 heteroatoms.